The third-order valence-corrected chi connectivity index (χ3v) is 2.52. The molecule has 1 aromatic heterocycles. The van der Waals surface area contributed by atoms with Gasteiger partial charge in [-0.15, -0.1) is 0 Å². The fourth-order valence-electron chi connectivity index (χ4n) is 1.19. The average Bonchev–Trinajstić information content (AvgIpc) is 2.26. The zero-order valence-corrected chi connectivity index (χ0v) is 10.1. The van der Waals surface area contributed by atoms with E-state index in [1.165, 1.54) is 4.98 Å². The molecule has 3 nitrogen and oxygen atoms in total. The Kier molecular flexibility index (Phi) is 3.96. The van der Waals surface area contributed by atoms with Crippen LogP contribution in [0.25, 0.3) is 0 Å². The summed E-state index contributed by atoms with van der Waals surface area (Å²) in [5, 5.41) is 0. The predicted octanol–water partition coefficient (Wildman–Crippen LogP) is 3.36. The van der Waals surface area contributed by atoms with E-state index >= 15 is 0 Å². The molecule has 0 fully saturated rings. The lowest BCUT2D eigenvalue weighted by Crippen LogP contribution is -2.60. The van der Waals surface area contributed by atoms with Gasteiger partial charge in [0.05, 0.1) is 0 Å². The number of aromatic amines is 2. The number of halogens is 9. The Labute approximate surface area is 113 Å². The molecule has 0 aliphatic heterocycles. The quantitative estimate of drug-likeness (QED) is 0.651. The molecule has 0 amide bonds. The van der Waals surface area contributed by atoms with Gasteiger partial charge in [0.1, 0.15) is 5.56 Å². The van der Waals surface area contributed by atoms with E-state index in [0.717, 1.165) is 0 Å². The van der Waals surface area contributed by atoms with E-state index in [-0.39, 0.29) is 6.20 Å². The van der Waals surface area contributed by atoms with Gasteiger partial charge in [0.15, 0.2) is 4.77 Å². The first kappa shape index (κ1) is 17.5. The zero-order valence-electron chi connectivity index (χ0n) is 9.30. The predicted molar refractivity (Wildman–Crippen MR) is 52.1 cm³/mol. The number of alkyl halides is 9. The Balaban J connectivity index is 3.54. The summed E-state index contributed by atoms with van der Waals surface area (Å²) in [5.41, 5.74) is -4.34. The van der Waals surface area contributed by atoms with Gasteiger partial charge in [-0.2, -0.15) is 39.5 Å². The van der Waals surface area contributed by atoms with Crippen molar-refractivity contribution in [1.82, 2.24) is 9.97 Å². The molecule has 1 heterocycles. The van der Waals surface area contributed by atoms with Crippen LogP contribution in [0.3, 0.4) is 0 Å². The van der Waals surface area contributed by atoms with Crippen molar-refractivity contribution in [1.29, 1.82) is 0 Å². The molecular formula is C8H3F9N2OS. The Bertz CT molecular complexity index is 644. The second kappa shape index (κ2) is 4.74. The summed E-state index contributed by atoms with van der Waals surface area (Å²) in [6, 6.07) is 0. The lowest BCUT2D eigenvalue weighted by atomic mass is 9.99. The first-order chi connectivity index (χ1) is 9.16. The second-order valence-corrected chi connectivity index (χ2v) is 4.11. The van der Waals surface area contributed by atoms with Gasteiger partial charge in [-0.3, -0.25) is 9.78 Å². The van der Waals surface area contributed by atoms with Crippen LogP contribution in [0.1, 0.15) is 5.56 Å². The van der Waals surface area contributed by atoms with Gasteiger partial charge in [-0.1, -0.05) is 0 Å². The van der Waals surface area contributed by atoms with Crippen molar-refractivity contribution < 1.29 is 39.5 Å². The number of hydrogen-bond acceptors (Lipinski definition) is 2. The Morgan fingerprint density at radius 2 is 1.38 bits per heavy atom. The van der Waals surface area contributed by atoms with Crippen molar-refractivity contribution in [2.45, 2.75) is 23.9 Å². The molecule has 0 saturated heterocycles. The highest BCUT2D eigenvalue weighted by Gasteiger charge is 2.82. The Morgan fingerprint density at radius 3 is 1.76 bits per heavy atom. The molecular weight excluding hydrogens is 343 g/mol. The first-order valence-electron chi connectivity index (χ1n) is 4.69. The summed E-state index contributed by atoms with van der Waals surface area (Å²) in [4.78, 5) is 14.0. The molecule has 0 spiro atoms. The lowest BCUT2D eigenvalue weighted by molar-refractivity contribution is -0.399. The SMILES string of the molecule is O=c1[nH]c(=S)[nH]cc1C(F)(F)C(F)(F)C(F)(F)C(F)(F)F. The van der Waals surface area contributed by atoms with E-state index in [0.29, 0.717) is 0 Å². The zero-order chi connectivity index (χ0) is 16.9. The maximum Gasteiger partial charge on any atom is 0.460 e. The fourth-order valence-corrected chi connectivity index (χ4v) is 1.34. The highest BCUT2D eigenvalue weighted by atomic mass is 32.1. The van der Waals surface area contributed by atoms with Gasteiger partial charge in [-0.25, -0.2) is 0 Å². The molecule has 0 unspecified atom stereocenters. The normalized spacial score (nSPS) is 14.3. The van der Waals surface area contributed by atoms with Gasteiger partial charge in [0, 0.05) is 6.20 Å². The Morgan fingerprint density at radius 1 is 0.905 bits per heavy atom. The van der Waals surface area contributed by atoms with Crippen molar-refractivity contribution in [3.63, 3.8) is 0 Å². The summed E-state index contributed by atoms with van der Waals surface area (Å²) >= 11 is 4.24. The molecule has 0 aliphatic rings. The molecule has 21 heavy (non-hydrogen) atoms. The smallest absolute Gasteiger partial charge is 0.338 e. The number of rotatable bonds is 3. The summed E-state index contributed by atoms with van der Waals surface area (Å²) in [6.07, 6.45) is -7.12. The molecule has 0 atom stereocenters. The van der Waals surface area contributed by atoms with E-state index in [9.17, 15) is 44.3 Å². The van der Waals surface area contributed by atoms with E-state index in [2.05, 4.69) is 12.2 Å². The largest absolute Gasteiger partial charge is 0.460 e. The van der Waals surface area contributed by atoms with Gasteiger partial charge in [0.25, 0.3) is 5.56 Å². The molecule has 0 radical (unpaired) electrons. The summed E-state index contributed by atoms with van der Waals surface area (Å²) in [6.45, 7) is 0. The average molecular weight is 346 g/mol. The minimum absolute atomic E-state index is 0.165. The van der Waals surface area contributed by atoms with Crippen LogP contribution in [0.5, 0.6) is 0 Å². The fraction of sp³-hybridized carbons (Fsp3) is 0.500. The molecule has 0 bridgehead atoms. The van der Waals surface area contributed by atoms with Crippen LogP contribution >= 0.6 is 12.2 Å². The van der Waals surface area contributed by atoms with Crippen LogP contribution in [0.15, 0.2) is 11.0 Å². The third kappa shape index (κ3) is 2.53. The number of hydrogen-bond donors (Lipinski definition) is 2. The number of nitrogens with one attached hydrogen (secondary N) is 2. The lowest BCUT2D eigenvalue weighted by Gasteiger charge is -2.33. The molecule has 0 aliphatic carbocycles. The molecule has 0 saturated carbocycles. The summed E-state index contributed by atoms with van der Waals surface area (Å²) in [5.74, 6) is -20.1. The highest BCUT2D eigenvalue weighted by Crippen LogP contribution is 2.55. The molecule has 1 aromatic rings. The van der Waals surface area contributed by atoms with Crippen LogP contribution < -0.4 is 5.56 Å². The molecule has 1 rings (SSSR count). The van der Waals surface area contributed by atoms with Crippen LogP contribution in [0.4, 0.5) is 39.5 Å². The van der Waals surface area contributed by atoms with Crippen LogP contribution in [-0.2, 0) is 5.92 Å². The van der Waals surface area contributed by atoms with Gasteiger partial charge >= 0.3 is 23.9 Å². The molecule has 0 aromatic carbocycles. The van der Waals surface area contributed by atoms with E-state index in [4.69, 9.17) is 0 Å². The highest BCUT2D eigenvalue weighted by molar-refractivity contribution is 7.71. The van der Waals surface area contributed by atoms with Crippen molar-refractivity contribution in [3.8, 4) is 0 Å². The van der Waals surface area contributed by atoms with Crippen LogP contribution in [-0.4, -0.2) is 28.0 Å². The topological polar surface area (TPSA) is 48.6 Å². The minimum atomic E-state index is -7.07. The summed E-state index contributed by atoms with van der Waals surface area (Å²) in [7, 11) is 0. The van der Waals surface area contributed by atoms with Crippen molar-refractivity contribution >= 4 is 12.2 Å². The van der Waals surface area contributed by atoms with E-state index in [1.54, 1.807) is 4.98 Å². The van der Waals surface area contributed by atoms with Crippen LogP contribution in [0, 0.1) is 4.77 Å². The standard InChI is InChI=1S/C8H3F9N2OS/c9-5(10,2-1-18-4(21)19-3(2)20)6(11,12)7(13,14)8(15,16)17/h1H,(H2,18,19,20,21). The van der Waals surface area contributed by atoms with Crippen molar-refractivity contribution in [2.75, 3.05) is 0 Å². The van der Waals surface area contributed by atoms with Gasteiger partial charge in [0.2, 0.25) is 0 Å². The van der Waals surface area contributed by atoms with E-state index in [1.807, 2.05) is 0 Å². The molecule has 120 valence electrons. The molecule has 13 heteroatoms. The third-order valence-electron chi connectivity index (χ3n) is 2.30. The van der Waals surface area contributed by atoms with E-state index < -0.39 is 39.8 Å². The molecule has 2 N–H and O–H groups in total. The van der Waals surface area contributed by atoms with Crippen molar-refractivity contribution in [2.24, 2.45) is 0 Å². The maximum absolute atomic E-state index is 13.3. The van der Waals surface area contributed by atoms with Crippen molar-refractivity contribution in [3.05, 3.63) is 26.9 Å². The van der Waals surface area contributed by atoms with Crippen LogP contribution in [0.2, 0.25) is 0 Å². The summed E-state index contributed by atoms with van der Waals surface area (Å²) < 4.78 is 113. The second-order valence-electron chi connectivity index (χ2n) is 3.71. The maximum atomic E-state index is 13.3. The number of aromatic nitrogens is 2. The number of H-pyrrole nitrogens is 2. The van der Waals surface area contributed by atoms with Gasteiger partial charge in [-0.05, 0) is 12.2 Å². The Hall–Kier alpha value is -1.53. The minimum Gasteiger partial charge on any atom is -0.338 e. The van der Waals surface area contributed by atoms with Gasteiger partial charge < -0.3 is 4.98 Å². The monoisotopic (exact) mass is 346 g/mol. The first-order valence-corrected chi connectivity index (χ1v) is 5.09.